The molecule has 0 radical (unpaired) electrons. The van der Waals surface area contributed by atoms with Crippen LogP contribution in [-0.4, -0.2) is 99.6 Å². The van der Waals surface area contributed by atoms with Crippen molar-refractivity contribution in [2.24, 2.45) is 0 Å². The SMILES string of the molecule is CC/C=C\C/C=C\C/C=C\C/C=C\C/C=C\CCC(O)C(=O)NC(COC1OC(CO)C(O)C(O)C1OC(=O)CCCCC/C=C\CCCCCCCC)C(O)/C=C/CCCCCCCCCCCC. The van der Waals surface area contributed by atoms with Crippen molar-refractivity contribution in [2.45, 2.75) is 262 Å². The van der Waals surface area contributed by atoms with Crippen molar-refractivity contribution in [1.82, 2.24) is 5.32 Å². The molecule has 0 aromatic carbocycles. The molecule has 0 spiro atoms. The van der Waals surface area contributed by atoms with E-state index in [-0.39, 0.29) is 19.4 Å². The van der Waals surface area contributed by atoms with Gasteiger partial charge in [-0.3, -0.25) is 9.59 Å². The Balaban J connectivity index is 2.82. The summed E-state index contributed by atoms with van der Waals surface area (Å²) < 4.78 is 17.5. The zero-order valence-corrected chi connectivity index (χ0v) is 44.1. The first-order valence-corrected chi connectivity index (χ1v) is 27.9. The smallest absolute Gasteiger partial charge is 0.306 e. The normalized spacial score (nSPS) is 20.4. The summed E-state index contributed by atoms with van der Waals surface area (Å²) in [5.41, 5.74) is 0. The van der Waals surface area contributed by atoms with Gasteiger partial charge in [-0.15, -0.1) is 0 Å². The van der Waals surface area contributed by atoms with Crippen LogP contribution in [0, 0.1) is 0 Å². The highest BCUT2D eigenvalue weighted by atomic mass is 16.7. The lowest BCUT2D eigenvalue weighted by atomic mass is 9.99. The molecule has 11 heteroatoms. The van der Waals surface area contributed by atoms with Crippen molar-refractivity contribution in [3.05, 3.63) is 85.1 Å². The molecular formula is C59H101NO10. The maximum absolute atomic E-state index is 13.3. The van der Waals surface area contributed by atoms with Crippen molar-refractivity contribution >= 4 is 11.9 Å². The first kappa shape index (κ1) is 64.9. The predicted octanol–water partition coefficient (Wildman–Crippen LogP) is 12.2. The third-order valence-corrected chi connectivity index (χ3v) is 12.5. The summed E-state index contributed by atoms with van der Waals surface area (Å²) in [6, 6.07) is -1.06. The van der Waals surface area contributed by atoms with Crippen molar-refractivity contribution < 1.29 is 49.3 Å². The second-order valence-corrected chi connectivity index (χ2v) is 18.9. The number of carbonyl (C=O) groups excluding carboxylic acids is 2. The molecule has 1 fully saturated rings. The van der Waals surface area contributed by atoms with Gasteiger partial charge in [0, 0.05) is 6.42 Å². The van der Waals surface area contributed by atoms with Crippen LogP contribution < -0.4 is 5.32 Å². The minimum atomic E-state index is -1.63. The Labute approximate surface area is 425 Å². The number of amides is 1. The maximum Gasteiger partial charge on any atom is 0.306 e. The fourth-order valence-electron chi connectivity index (χ4n) is 8.09. The summed E-state index contributed by atoms with van der Waals surface area (Å²) in [5.74, 6) is -1.28. The fraction of sp³-hybridized carbons (Fsp3) is 0.729. The molecule has 1 aliphatic heterocycles. The molecule has 0 saturated carbocycles. The third kappa shape index (κ3) is 35.0. The van der Waals surface area contributed by atoms with Gasteiger partial charge >= 0.3 is 5.97 Å². The van der Waals surface area contributed by atoms with Crippen LogP contribution in [0.4, 0.5) is 0 Å². The Hall–Kier alpha value is -3.16. The van der Waals surface area contributed by atoms with Gasteiger partial charge in [-0.25, -0.2) is 0 Å². The van der Waals surface area contributed by atoms with E-state index in [1.807, 2.05) is 18.2 Å². The largest absolute Gasteiger partial charge is 0.454 e. The quantitative estimate of drug-likeness (QED) is 0.0196. The van der Waals surface area contributed by atoms with E-state index in [1.165, 1.54) is 83.5 Å². The minimum absolute atomic E-state index is 0.0929. The molecule has 11 nitrogen and oxygen atoms in total. The minimum Gasteiger partial charge on any atom is -0.454 e. The molecule has 402 valence electrons. The van der Waals surface area contributed by atoms with Crippen LogP contribution >= 0.6 is 0 Å². The standard InChI is InChI=1S/C59H101NO10/c1-4-7-10-13-16-19-22-25-26-27-29-31-34-37-40-43-46-52(63)58(67)60-50(51(62)45-42-39-36-33-30-24-21-18-15-12-9-6-3)49-68-59-57(56(66)55(65)53(48-61)69-59)70-54(64)47-44-41-38-35-32-28-23-20-17-14-11-8-5-2/h7,10,16,19,25-26,28-29,31-32,37,40,42,45,50-53,55-57,59,61-63,65-66H,4-6,8-9,11-15,17-18,20-24,27,30,33-36,38-39,41,43-44,46-49H2,1-3H3,(H,60,67)/b10-7-,19-16-,26-25-,31-29-,32-28-,40-37-,45-42+. The lowest BCUT2D eigenvalue weighted by Crippen LogP contribution is -2.61. The Morgan fingerprint density at radius 2 is 1.03 bits per heavy atom. The van der Waals surface area contributed by atoms with Crippen molar-refractivity contribution in [1.29, 1.82) is 0 Å². The molecule has 8 atom stereocenters. The summed E-state index contributed by atoms with van der Waals surface area (Å²) in [5, 5.41) is 56.6. The zero-order valence-electron chi connectivity index (χ0n) is 44.1. The average Bonchev–Trinajstić information content (AvgIpc) is 3.36. The second kappa shape index (κ2) is 46.9. The number of ether oxygens (including phenoxy) is 3. The van der Waals surface area contributed by atoms with Crippen LogP contribution in [0.2, 0.25) is 0 Å². The fourth-order valence-corrected chi connectivity index (χ4v) is 8.09. The van der Waals surface area contributed by atoms with E-state index in [0.29, 0.717) is 12.8 Å². The zero-order chi connectivity index (χ0) is 51.1. The molecule has 1 saturated heterocycles. The summed E-state index contributed by atoms with van der Waals surface area (Å²) in [7, 11) is 0. The summed E-state index contributed by atoms with van der Waals surface area (Å²) in [4.78, 5) is 26.4. The van der Waals surface area contributed by atoms with Gasteiger partial charge in [0.1, 0.15) is 24.4 Å². The Morgan fingerprint density at radius 3 is 1.54 bits per heavy atom. The van der Waals surface area contributed by atoms with E-state index in [9.17, 15) is 35.1 Å². The van der Waals surface area contributed by atoms with Crippen LogP contribution in [0.15, 0.2) is 85.1 Å². The van der Waals surface area contributed by atoms with E-state index in [2.05, 4.69) is 86.8 Å². The van der Waals surface area contributed by atoms with Gasteiger partial charge in [-0.1, -0.05) is 202 Å². The van der Waals surface area contributed by atoms with Crippen LogP contribution in [0.1, 0.15) is 213 Å². The molecule has 1 amide bonds. The monoisotopic (exact) mass is 984 g/mol. The number of carbonyl (C=O) groups is 2. The van der Waals surface area contributed by atoms with Gasteiger partial charge in [0.05, 0.1) is 25.4 Å². The summed E-state index contributed by atoms with van der Waals surface area (Å²) in [6.07, 6.45) is 49.3. The van der Waals surface area contributed by atoms with Crippen molar-refractivity contribution in [3.8, 4) is 0 Å². The van der Waals surface area contributed by atoms with Crippen LogP contribution in [-0.2, 0) is 23.8 Å². The molecule has 6 N–H and O–H groups in total. The molecule has 1 aliphatic rings. The highest BCUT2D eigenvalue weighted by Gasteiger charge is 2.47. The molecule has 1 rings (SSSR count). The molecular weight excluding hydrogens is 883 g/mol. The van der Waals surface area contributed by atoms with Gasteiger partial charge in [-0.05, 0) is 89.9 Å². The maximum atomic E-state index is 13.3. The van der Waals surface area contributed by atoms with Crippen LogP contribution in [0.5, 0.6) is 0 Å². The summed E-state index contributed by atoms with van der Waals surface area (Å²) >= 11 is 0. The third-order valence-electron chi connectivity index (χ3n) is 12.5. The van der Waals surface area contributed by atoms with E-state index in [0.717, 1.165) is 83.5 Å². The van der Waals surface area contributed by atoms with Gasteiger partial charge < -0.3 is 45.1 Å². The number of allylic oxidation sites excluding steroid dienone is 13. The van der Waals surface area contributed by atoms with E-state index >= 15 is 0 Å². The highest BCUT2D eigenvalue weighted by molar-refractivity contribution is 5.80. The number of rotatable bonds is 45. The Morgan fingerprint density at radius 1 is 0.571 bits per heavy atom. The number of hydrogen-bond acceptors (Lipinski definition) is 10. The Kier molecular flexibility index (Phi) is 43.4. The van der Waals surface area contributed by atoms with Crippen LogP contribution in [0.25, 0.3) is 0 Å². The van der Waals surface area contributed by atoms with Gasteiger partial charge in [0.2, 0.25) is 5.91 Å². The molecule has 0 aromatic heterocycles. The number of aliphatic hydroxyl groups is 5. The highest BCUT2D eigenvalue weighted by Crippen LogP contribution is 2.26. The molecule has 70 heavy (non-hydrogen) atoms. The second-order valence-electron chi connectivity index (χ2n) is 18.9. The lowest BCUT2D eigenvalue weighted by Gasteiger charge is -2.41. The number of hydrogen-bond donors (Lipinski definition) is 6. The molecule has 1 heterocycles. The number of esters is 1. The first-order valence-electron chi connectivity index (χ1n) is 27.9. The average molecular weight is 984 g/mol. The number of nitrogens with one attached hydrogen (secondary N) is 1. The van der Waals surface area contributed by atoms with Crippen molar-refractivity contribution in [3.63, 3.8) is 0 Å². The molecule has 0 aliphatic carbocycles. The molecule has 8 unspecified atom stereocenters. The molecule has 0 aromatic rings. The predicted molar refractivity (Wildman–Crippen MR) is 287 cm³/mol. The topological polar surface area (TPSA) is 175 Å². The first-order chi connectivity index (χ1) is 34.2. The Bertz CT molecular complexity index is 1460. The van der Waals surface area contributed by atoms with E-state index in [4.69, 9.17) is 14.2 Å². The van der Waals surface area contributed by atoms with Crippen LogP contribution in [0.3, 0.4) is 0 Å². The number of aliphatic hydroxyl groups excluding tert-OH is 5. The van der Waals surface area contributed by atoms with E-state index in [1.54, 1.807) is 6.08 Å². The molecule has 0 bridgehead atoms. The summed E-state index contributed by atoms with van der Waals surface area (Å²) in [6.45, 7) is 5.59. The van der Waals surface area contributed by atoms with Crippen molar-refractivity contribution in [2.75, 3.05) is 13.2 Å². The van der Waals surface area contributed by atoms with Gasteiger partial charge in [0.25, 0.3) is 0 Å². The van der Waals surface area contributed by atoms with E-state index < -0.39 is 67.4 Å². The number of unbranched alkanes of at least 4 members (excludes halogenated alkanes) is 19. The van der Waals surface area contributed by atoms with Gasteiger partial charge in [-0.2, -0.15) is 0 Å². The van der Waals surface area contributed by atoms with Gasteiger partial charge in [0.15, 0.2) is 12.4 Å². The lowest BCUT2D eigenvalue weighted by molar-refractivity contribution is -0.305.